The highest BCUT2D eigenvalue weighted by molar-refractivity contribution is 5.69. The van der Waals surface area contributed by atoms with Gasteiger partial charge in [-0.15, -0.1) is 0 Å². The molecule has 1 aliphatic carbocycles. The fourth-order valence-electron chi connectivity index (χ4n) is 5.35. The van der Waals surface area contributed by atoms with Crippen molar-refractivity contribution in [3.63, 3.8) is 0 Å². The molecule has 6 nitrogen and oxygen atoms in total. The van der Waals surface area contributed by atoms with E-state index in [9.17, 15) is 33.3 Å². The molecular weight excluding hydrogens is 477 g/mol. The van der Waals surface area contributed by atoms with Gasteiger partial charge in [-0.25, -0.2) is 0 Å². The molecule has 0 spiro atoms. The Morgan fingerprint density at radius 2 is 1.94 bits per heavy atom. The lowest BCUT2D eigenvalue weighted by Crippen LogP contribution is -2.22. The van der Waals surface area contributed by atoms with Crippen LogP contribution in [0.1, 0.15) is 57.4 Å². The second kappa shape index (κ2) is 12.9. The van der Waals surface area contributed by atoms with Crippen molar-refractivity contribution in [2.45, 2.75) is 76.4 Å². The third-order valence-corrected chi connectivity index (χ3v) is 7.41. The van der Waals surface area contributed by atoms with Crippen molar-refractivity contribution in [3.8, 4) is 5.75 Å². The highest BCUT2D eigenvalue weighted by atomic mass is 19.4. The summed E-state index contributed by atoms with van der Waals surface area (Å²) in [5, 5.41) is 30.3. The zero-order valence-electron chi connectivity index (χ0n) is 20.6. The number of carboxylic acid groups (broad SMARTS) is 1. The average molecular weight is 515 g/mol. The van der Waals surface area contributed by atoms with Gasteiger partial charge in [-0.2, -0.15) is 13.2 Å². The van der Waals surface area contributed by atoms with E-state index in [2.05, 4.69) is 0 Å². The molecule has 7 atom stereocenters. The van der Waals surface area contributed by atoms with E-state index >= 15 is 0 Å². The molecule has 0 radical (unpaired) electrons. The summed E-state index contributed by atoms with van der Waals surface area (Å²) in [5.41, 5.74) is -0.768. The van der Waals surface area contributed by atoms with E-state index in [1.165, 1.54) is 12.1 Å². The first kappa shape index (κ1) is 28.5. The molecule has 1 saturated carbocycles. The molecule has 202 valence electrons. The molecule has 36 heavy (non-hydrogen) atoms. The molecule has 1 aromatic carbocycles. The van der Waals surface area contributed by atoms with E-state index in [0.29, 0.717) is 31.8 Å². The van der Waals surface area contributed by atoms with Crippen molar-refractivity contribution in [2.24, 2.45) is 23.7 Å². The quantitative estimate of drug-likeness (QED) is 0.357. The summed E-state index contributed by atoms with van der Waals surface area (Å²) in [6, 6.07) is 4.28. The SMILES string of the molecule is CCCC(CC[C@@H]1CC[C@@H]2[C@@H](/C=C/[C@@H](O)COc3ccc(C(F)(F)F)cc3)[C@H](O)C[C@@H]2OC1)C(=O)O. The van der Waals surface area contributed by atoms with Gasteiger partial charge in [0.2, 0.25) is 0 Å². The van der Waals surface area contributed by atoms with Crippen LogP contribution < -0.4 is 4.74 Å². The van der Waals surface area contributed by atoms with Crippen LogP contribution in [0.5, 0.6) is 5.75 Å². The van der Waals surface area contributed by atoms with Crippen LogP contribution in [0.15, 0.2) is 36.4 Å². The van der Waals surface area contributed by atoms with Crippen LogP contribution in [0.25, 0.3) is 0 Å². The van der Waals surface area contributed by atoms with E-state index in [0.717, 1.165) is 37.8 Å². The number of aliphatic carboxylic acids is 1. The molecule has 0 amide bonds. The summed E-state index contributed by atoms with van der Waals surface area (Å²) >= 11 is 0. The minimum atomic E-state index is -4.42. The number of aliphatic hydroxyl groups is 2. The molecule has 1 aromatic rings. The lowest BCUT2D eigenvalue weighted by atomic mass is 9.85. The van der Waals surface area contributed by atoms with Crippen LogP contribution in [0.4, 0.5) is 13.2 Å². The van der Waals surface area contributed by atoms with E-state index in [4.69, 9.17) is 9.47 Å². The fraction of sp³-hybridized carbons (Fsp3) is 0.667. The van der Waals surface area contributed by atoms with Gasteiger partial charge in [0.15, 0.2) is 0 Å². The Labute approximate surface area is 210 Å². The molecule has 3 N–H and O–H groups in total. The van der Waals surface area contributed by atoms with Gasteiger partial charge in [0.1, 0.15) is 18.5 Å². The van der Waals surface area contributed by atoms with Gasteiger partial charge in [-0.1, -0.05) is 25.5 Å². The summed E-state index contributed by atoms with van der Waals surface area (Å²) in [7, 11) is 0. The highest BCUT2D eigenvalue weighted by Crippen LogP contribution is 2.42. The fourth-order valence-corrected chi connectivity index (χ4v) is 5.35. The molecule has 1 unspecified atom stereocenters. The number of carbonyl (C=O) groups is 1. The summed E-state index contributed by atoms with van der Waals surface area (Å²) in [5.74, 6) is -0.613. The summed E-state index contributed by atoms with van der Waals surface area (Å²) < 4.78 is 49.5. The number of carboxylic acids is 1. The van der Waals surface area contributed by atoms with Gasteiger partial charge in [0.25, 0.3) is 0 Å². The number of hydrogen-bond acceptors (Lipinski definition) is 5. The first-order chi connectivity index (χ1) is 17.1. The van der Waals surface area contributed by atoms with Crippen molar-refractivity contribution >= 4 is 5.97 Å². The van der Waals surface area contributed by atoms with Gasteiger partial charge in [-0.05, 0) is 68.2 Å². The number of ether oxygens (including phenoxy) is 2. The van der Waals surface area contributed by atoms with Crippen molar-refractivity contribution < 1.29 is 42.8 Å². The second-order valence-corrected chi connectivity index (χ2v) is 10.0. The first-order valence-electron chi connectivity index (χ1n) is 12.8. The minimum Gasteiger partial charge on any atom is -0.491 e. The predicted octanol–water partition coefficient (Wildman–Crippen LogP) is 5.07. The number of halogens is 3. The topological polar surface area (TPSA) is 96.2 Å². The largest absolute Gasteiger partial charge is 0.491 e. The van der Waals surface area contributed by atoms with Crippen molar-refractivity contribution in [1.29, 1.82) is 0 Å². The second-order valence-electron chi connectivity index (χ2n) is 10.0. The van der Waals surface area contributed by atoms with E-state index < -0.39 is 29.9 Å². The van der Waals surface area contributed by atoms with E-state index in [1.807, 2.05) is 6.92 Å². The molecule has 9 heteroatoms. The number of benzene rings is 1. The van der Waals surface area contributed by atoms with Crippen molar-refractivity contribution in [3.05, 3.63) is 42.0 Å². The van der Waals surface area contributed by atoms with Crippen LogP contribution in [0.3, 0.4) is 0 Å². The number of alkyl halides is 3. The van der Waals surface area contributed by atoms with Crippen LogP contribution >= 0.6 is 0 Å². The maximum atomic E-state index is 12.7. The van der Waals surface area contributed by atoms with Gasteiger partial charge in [0.05, 0.1) is 23.7 Å². The Hall–Kier alpha value is -2.10. The smallest absolute Gasteiger partial charge is 0.416 e. The maximum absolute atomic E-state index is 12.7. The Balaban J connectivity index is 1.49. The molecule has 2 aliphatic rings. The van der Waals surface area contributed by atoms with Crippen LogP contribution in [-0.4, -0.2) is 52.8 Å². The lowest BCUT2D eigenvalue weighted by molar-refractivity contribution is -0.142. The Kier molecular flexibility index (Phi) is 10.2. The number of fused-ring (bicyclic) bond motifs is 1. The van der Waals surface area contributed by atoms with Gasteiger partial charge in [0, 0.05) is 18.9 Å². The van der Waals surface area contributed by atoms with Crippen LogP contribution in [0.2, 0.25) is 0 Å². The average Bonchev–Trinajstić information content (AvgIpc) is 2.99. The molecule has 3 rings (SSSR count). The highest BCUT2D eigenvalue weighted by Gasteiger charge is 2.43. The summed E-state index contributed by atoms with van der Waals surface area (Å²) in [4.78, 5) is 11.4. The number of hydrogen-bond donors (Lipinski definition) is 3. The first-order valence-corrected chi connectivity index (χ1v) is 12.8. The summed E-state index contributed by atoms with van der Waals surface area (Å²) in [6.07, 6.45) is 2.52. The lowest BCUT2D eigenvalue weighted by Gasteiger charge is -2.21. The number of rotatable bonds is 11. The molecule has 1 aliphatic heterocycles. The zero-order valence-corrected chi connectivity index (χ0v) is 20.6. The van der Waals surface area contributed by atoms with E-state index in [-0.39, 0.29) is 36.2 Å². The maximum Gasteiger partial charge on any atom is 0.416 e. The molecule has 0 aromatic heterocycles. The Morgan fingerprint density at radius 3 is 2.58 bits per heavy atom. The molecule has 1 saturated heterocycles. The van der Waals surface area contributed by atoms with Gasteiger partial charge in [-0.3, -0.25) is 4.79 Å². The minimum absolute atomic E-state index is 0.0777. The molecule has 2 fully saturated rings. The third-order valence-electron chi connectivity index (χ3n) is 7.41. The molecular formula is C27H37F3O6. The Bertz CT molecular complexity index is 856. The van der Waals surface area contributed by atoms with Crippen molar-refractivity contribution in [1.82, 2.24) is 0 Å². The Morgan fingerprint density at radius 1 is 1.22 bits per heavy atom. The summed E-state index contributed by atoms with van der Waals surface area (Å²) in [6.45, 7) is 2.43. The third kappa shape index (κ3) is 7.95. The standard InChI is InChI=1S/C27H37F3O6/c1-2-3-18(26(33)34)6-4-17-5-12-23-22(24(32)14-25(23)36-15-17)13-9-20(31)16-35-21-10-7-19(8-11-21)27(28,29)30/h7-11,13,17-18,20,22-25,31-32H,2-6,12,14-16H2,1H3,(H,33,34)/b13-9+/t17-,18?,20-,22-,23-,24-,25+/m1/s1. The van der Waals surface area contributed by atoms with Gasteiger partial charge >= 0.3 is 12.1 Å². The molecule has 1 heterocycles. The van der Waals surface area contributed by atoms with Crippen molar-refractivity contribution in [2.75, 3.05) is 13.2 Å². The van der Waals surface area contributed by atoms with Gasteiger partial charge < -0.3 is 24.8 Å². The monoisotopic (exact) mass is 514 g/mol. The zero-order chi connectivity index (χ0) is 26.3. The van der Waals surface area contributed by atoms with Crippen LogP contribution in [-0.2, 0) is 15.7 Å². The normalized spacial score (nSPS) is 28.4. The van der Waals surface area contributed by atoms with E-state index in [1.54, 1.807) is 12.2 Å². The predicted molar refractivity (Wildman–Crippen MR) is 127 cm³/mol. The molecule has 0 bridgehead atoms. The van der Waals surface area contributed by atoms with Crippen LogP contribution in [0, 0.1) is 23.7 Å². The number of aliphatic hydroxyl groups excluding tert-OH is 2.